The van der Waals surface area contributed by atoms with Gasteiger partial charge in [-0.25, -0.2) is 0 Å². The van der Waals surface area contributed by atoms with Crippen molar-refractivity contribution in [3.05, 3.63) is 69.2 Å². The van der Waals surface area contributed by atoms with Crippen molar-refractivity contribution in [2.45, 2.75) is 44.8 Å². The maximum absolute atomic E-state index is 12.4. The van der Waals surface area contributed by atoms with Crippen LogP contribution in [0.5, 0.6) is 5.75 Å². The molecule has 1 fully saturated rings. The SMILES string of the molecule is N#C/C(=C\c1ccc(OCc2ccc(Cl)c(Cl)c2)cc1)C(=O)NC1CCCCC1. The van der Waals surface area contributed by atoms with Crippen LogP contribution in [0, 0.1) is 11.3 Å². The third-order valence-corrected chi connectivity index (χ3v) is 5.63. The Hall–Kier alpha value is -2.48. The molecule has 0 radical (unpaired) electrons. The molecule has 1 saturated carbocycles. The second kappa shape index (κ2) is 10.3. The summed E-state index contributed by atoms with van der Waals surface area (Å²) >= 11 is 11.9. The highest BCUT2D eigenvalue weighted by Crippen LogP contribution is 2.24. The first-order chi connectivity index (χ1) is 14.0. The summed E-state index contributed by atoms with van der Waals surface area (Å²) in [6.45, 7) is 0.360. The van der Waals surface area contributed by atoms with Crippen LogP contribution in [0.2, 0.25) is 10.0 Å². The number of carbonyl (C=O) groups excluding carboxylic acids is 1. The third-order valence-electron chi connectivity index (χ3n) is 4.89. The number of nitrogens with zero attached hydrogens (tertiary/aromatic N) is 1. The lowest BCUT2D eigenvalue weighted by atomic mass is 9.95. The van der Waals surface area contributed by atoms with Crippen molar-refractivity contribution in [2.24, 2.45) is 0 Å². The number of rotatable bonds is 6. The number of hydrogen-bond acceptors (Lipinski definition) is 3. The molecule has 0 saturated heterocycles. The van der Waals surface area contributed by atoms with Gasteiger partial charge in [0.25, 0.3) is 5.91 Å². The third kappa shape index (κ3) is 6.25. The maximum Gasteiger partial charge on any atom is 0.262 e. The van der Waals surface area contributed by atoms with Crippen LogP contribution in [-0.2, 0) is 11.4 Å². The molecule has 0 unspecified atom stereocenters. The zero-order chi connectivity index (χ0) is 20.6. The van der Waals surface area contributed by atoms with Gasteiger partial charge in [-0.2, -0.15) is 5.26 Å². The van der Waals surface area contributed by atoms with Crippen LogP contribution in [0.25, 0.3) is 6.08 Å². The molecule has 1 aliphatic carbocycles. The highest BCUT2D eigenvalue weighted by molar-refractivity contribution is 6.42. The summed E-state index contributed by atoms with van der Waals surface area (Å²) < 4.78 is 5.75. The van der Waals surface area contributed by atoms with Gasteiger partial charge in [-0.15, -0.1) is 0 Å². The summed E-state index contributed by atoms with van der Waals surface area (Å²) in [5.41, 5.74) is 1.79. The molecule has 0 spiro atoms. The average Bonchev–Trinajstić information content (AvgIpc) is 2.74. The lowest BCUT2D eigenvalue weighted by Gasteiger charge is -2.22. The van der Waals surface area contributed by atoms with Gasteiger partial charge in [0.2, 0.25) is 0 Å². The molecule has 1 amide bonds. The molecular formula is C23H22Cl2N2O2. The van der Waals surface area contributed by atoms with Gasteiger partial charge < -0.3 is 10.1 Å². The quantitative estimate of drug-likeness (QED) is 0.458. The van der Waals surface area contributed by atoms with Gasteiger partial charge in [0, 0.05) is 6.04 Å². The van der Waals surface area contributed by atoms with Crippen LogP contribution in [0.15, 0.2) is 48.0 Å². The first kappa shape index (κ1) is 21.2. The molecule has 0 bridgehead atoms. The fourth-order valence-corrected chi connectivity index (χ4v) is 3.60. The summed E-state index contributed by atoms with van der Waals surface area (Å²) in [6.07, 6.45) is 7.03. The fraction of sp³-hybridized carbons (Fsp3) is 0.304. The van der Waals surface area contributed by atoms with Gasteiger partial charge in [0.05, 0.1) is 10.0 Å². The molecule has 0 heterocycles. The van der Waals surface area contributed by atoms with E-state index in [1.165, 1.54) is 6.42 Å². The number of nitriles is 1. The van der Waals surface area contributed by atoms with E-state index in [-0.39, 0.29) is 17.5 Å². The number of carbonyl (C=O) groups is 1. The summed E-state index contributed by atoms with van der Waals surface area (Å²) in [7, 11) is 0. The van der Waals surface area contributed by atoms with Gasteiger partial charge in [-0.3, -0.25) is 4.79 Å². The Bertz CT molecular complexity index is 927. The van der Waals surface area contributed by atoms with Crippen LogP contribution < -0.4 is 10.1 Å². The second-order valence-corrected chi connectivity index (χ2v) is 7.90. The summed E-state index contributed by atoms with van der Waals surface area (Å²) in [5, 5.41) is 13.3. The predicted molar refractivity (Wildman–Crippen MR) is 116 cm³/mol. The highest BCUT2D eigenvalue weighted by Gasteiger charge is 2.18. The summed E-state index contributed by atoms with van der Waals surface area (Å²) in [6, 6.07) is 14.8. The van der Waals surface area contributed by atoms with Crippen molar-refractivity contribution in [2.75, 3.05) is 0 Å². The van der Waals surface area contributed by atoms with Crippen LogP contribution in [0.3, 0.4) is 0 Å². The number of ether oxygens (including phenoxy) is 1. The molecule has 6 heteroatoms. The minimum absolute atomic E-state index is 0.111. The van der Waals surface area contributed by atoms with Crippen molar-refractivity contribution in [1.29, 1.82) is 5.26 Å². The number of halogens is 2. The van der Waals surface area contributed by atoms with E-state index in [1.54, 1.807) is 30.3 Å². The van der Waals surface area contributed by atoms with E-state index in [0.29, 0.717) is 22.4 Å². The predicted octanol–water partition coefficient (Wildman–Crippen LogP) is 5.93. The van der Waals surface area contributed by atoms with Crippen molar-refractivity contribution >= 4 is 35.2 Å². The molecule has 0 aliphatic heterocycles. The standard InChI is InChI=1S/C23H22Cl2N2O2/c24-21-11-8-17(13-22(21)25)15-29-20-9-6-16(7-10-20)12-18(14-26)23(28)27-19-4-2-1-3-5-19/h6-13,19H,1-5,15H2,(H,27,28)/b18-12+. The van der Waals surface area contributed by atoms with E-state index in [9.17, 15) is 10.1 Å². The van der Waals surface area contributed by atoms with E-state index in [1.807, 2.05) is 24.3 Å². The average molecular weight is 429 g/mol. The minimum atomic E-state index is -0.306. The topological polar surface area (TPSA) is 62.1 Å². The molecule has 1 N–H and O–H groups in total. The van der Waals surface area contributed by atoms with E-state index < -0.39 is 0 Å². The first-order valence-corrected chi connectivity index (χ1v) is 10.4. The molecule has 1 aliphatic rings. The first-order valence-electron chi connectivity index (χ1n) is 9.64. The molecule has 150 valence electrons. The van der Waals surface area contributed by atoms with Crippen molar-refractivity contribution in [3.8, 4) is 11.8 Å². The number of nitrogens with one attached hydrogen (secondary N) is 1. The van der Waals surface area contributed by atoms with Crippen LogP contribution in [0.4, 0.5) is 0 Å². The van der Waals surface area contributed by atoms with E-state index in [2.05, 4.69) is 5.32 Å². The normalized spacial score (nSPS) is 14.9. The van der Waals surface area contributed by atoms with E-state index >= 15 is 0 Å². The lowest BCUT2D eigenvalue weighted by Crippen LogP contribution is -2.36. The van der Waals surface area contributed by atoms with Crippen molar-refractivity contribution in [3.63, 3.8) is 0 Å². The summed E-state index contributed by atoms with van der Waals surface area (Å²) in [5.74, 6) is 0.373. The Morgan fingerprint density at radius 3 is 2.48 bits per heavy atom. The molecular weight excluding hydrogens is 407 g/mol. The second-order valence-electron chi connectivity index (χ2n) is 7.08. The molecule has 29 heavy (non-hydrogen) atoms. The Balaban J connectivity index is 1.59. The smallest absolute Gasteiger partial charge is 0.262 e. The largest absolute Gasteiger partial charge is 0.489 e. The maximum atomic E-state index is 12.4. The van der Waals surface area contributed by atoms with Gasteiger partial charge in [0.15, 0.2) is 0 Å². The Morgan fingerprint density at radius 2 is 1.83 bits per heavy atom. The molecule has 4 nitrogen and oxygen atoms in total. The van der Waals surface area contributed by atoms with Gasteiger partial charge in [0.1, 0.15) is 24.0 Å². The number of amides is 1. The Kier molecular flexibility index (Phi) is 7.57. The van der Waals surface area contributed by atoms with Crippen molar-refractivity contribution < 1.29 is 9.53 Å². The van der Waals surface area contributed by atoms with E-state index in [4.69, 9.17) is 27.9 Å². The van der Waals surface area contributed by atoms with E-state index in [0.717, 1.165) is 36.8 Å². The monoisotopic (exact) mass is 428 g/mol. The number of benzene rings is 2. The van der Waals surface area contributed by atoms with Crippen LogP contribution in [0.1, 0.15) is 43.2 Å². The molecule has 2 aromatic carbocycles. The van der Waals surface area contributed by atoms with Gasteiger partial charge >= 0.3 is 0 Å². The highest BCUT2D eigenvalue weighted by atomic mass is 35.5. The zero-order valence-electron chi connectivity index (χ0n) is 16.0. The molecule has 2 aromatic rings. The van der Waals surface area contributed by atoms with Gasteiger partial charge in [-0.1, -0.05) is 60.7 Å². The van der Waals surface area contributed by atoms with Crippen LogP contribution in [-0.4, -0.2) is 11.9 Å². The number of hydrogen-bond donors (Lipinski definition) is 1. The molecule has 3 rings (SSSR count). The molecule has 0 aromatic heterocycles. The van der Waals surface area contributed by atoms with Crippen LogP contribution >= 0.6 is 23.2 Å². The lowest BCUT2D eigenvalue weighted by molar-refractivity contribution is -0.117. The minimum Gasteiger partial charge on any atom is -0.489 e. The Morgan fingerprint density at radius 1 is 1.10 bits per heavy atom. The Labute approximate surface area is 181 Å². The molecule has 0 atom stereocenters. The summed E-state index contributed by atoms with van der Waals surface area (Å²) in [4.78, 5) is 12.4. The zero-order valence-corrected chi connectivity index (χ0v) is 17.5. The van der Waals surface area contributed by atoms with Crippen molar-refractivity contribution in [1.82, 2.24) is 5.32 Å². The fourth-order valence-electron chi connectivity index (χ4n) is 3.28. The van der Waals surface area contributed by atoms with Gasteiger partial charge in [-0.05, 0) is 54.3 Å².